The second kappa shape index (κ2) is 5.51. The first-order valence-electron chi connectivity index (χ1n) is 9.45. The van der Waals surface area contributed by atoms with E-state index in [4.69, 9.17) is 4.74 Å². The SMILES string of the molecule is O=C1N2C(CCC2c2ccccc2F)OC12CN(c1cccc3ncnn13)C2. The minimum absolute atomic E-state index is 0.0368. The molecule has 3 aliphatic heterocycles. The maximum atomic E-state index is 14.3. The largest absolute Gasteiger partial charge is 0.349 e. The van der Waals surface area contributed by atoms with Crippen molar-refractivity contribution in [3.05, 3.63) is 60.2 Å². The average Bonchev–Trinajstić information content (AvgIpc) is 3.36. The van der Waals surface area contributed by atoms with Crippen LogP contribution in [0.25, 0.3) is 5.65 Å². The van der Waals surface area contributed by atoms with Gasteiger partial charge in [-0.1, -0.05) is 24.3 Å². The lowest BCUT2D eigenvalue weighted by Crippen LogP contribution is -2.67. The minimum Gasteiger partial charge on any atom is -0.349 e. The van der Waals surface area contributed by atoms with Crippen LogP contribution in [-0.4, -0.2) is 50.3 Å². The van der Waals surface area contributed by atoms with E-state index in [1.54, 1.807) is 21.5 Å². The quantitative estimate of drug-likeness (QED) is 0.683. The number of carbonyl (C=O) groups excluding carboxylic acids is 1. The number of aromatic nitrogens is 3. The van der Waals surface area contributed by atoms with Crippen molar-refractivity contribution in [2.24, 2.45) is 0 Å². The Morgan fingerprint density at radius 3 is 2.82 bits per heavy atom. The van der Waals surface area contributed by atoms with E-state index >= 15 is 0 Å². The Labute approximate surface area is 160 Å². The molecule has 3 aliphatic rings. The number of carbonyl (C=O) groups is 1. The number of nitrogens with zero attached hydrogens (tertiary/aromatic N) is 5. The van der Waals surface area contributed by atoms with Crippen LogP contribution in [0, 0.1) is 5.82 Å². The highest BCUT2D eigenvalue weighted by molar-refractivity contribution is 5.91. The lowest BCUT2D eigenvalue weighted by Gasteiger charge is -2.46. The first-order chi connectivity index (χ1) is 13.7. The summed E-state index contributed by atoms with van der Waals surface area (Å²) in [5.41, 5.74) is 0.483. The number of fused-ring (bicyclic) bond motifs is 2. The monoisotopic (exact) mass is 379 g/mol. The van der Waals surface area contributed by atoms with Crippen LogP contribution in [0.4, 0.5) is 10.2 Å². The normalized spacial score (nSPS) is 25.5. The maximum Gasteiger partial charge on any atom is 0.261 e. The number of rotatable bonds is 2. The van der Waals surface area contributed by atoms with Gasteiger partial charge in [0.05, 0.1) is 19.1 Å². The van der Waals surface area contributed by atoms with Crippen LogP contribution in [0.15, 0.2) is 48.8 Å². The van der Waals surface area contributed by atoms with Crippen LogP contribution < -0.4 is 4.90 Å². The summed E-state index contributed by atoms with van der Waals surface area (Å²) in [6.45, 7) is 0.920. The number of amides is 1. The maximum absolute atomic E-state index is 14.3. The van der Waals surface area contributed by atoms with Crippen molar-refractivity contribution in [2.75, 3.05) is 18.0 Å². The Bertz CT molecular complexity index is 1090. The Balaban J connectivity index is 1.27. The van der Waals surface area contributed by atoms with E-state index in [9.17, 15) is 9.18 Å². The minimum atomic E-state index is -0.850. The highest BCUT2D eigenvalue weighted by atomic mass is 19.1. The number of benzene rings is 1. The zero-order valence-electron chi connectivity index (χ0n) is 15.0. The number of hydrogen-bond donors (Lipinski definition) is 0. The van der Waals surface area contributed by atoms with E-state index in [0.29, 0.717) is 18.7 Å². The van der Waals surface area contributed by atoms with Crippen LogP contribution in [-0.2, 0) is 9.53 Å². The molecule has 142 valence electrons. The molecule has 3 fully saturated rings. The third-order valence-electron chi connectivity index (χ3n) is 6.08. The molecule has 0 aliphatic carbocycles. The van der Waals surface area contributed by atoms with Crippen LogP contribution in [0.2, 0.25) is 0 Å². The summed E-state index contributed by atoms with van der Waals surface area (Å²) in [6.07, 6.45) is 2.68. The number of anilines is 1. The van der Waals surface area contributed by atoms with Gasteiger partial charge in [-0.05, 0) is 31.0 Å². The van der Waals surface area contributed by atoms with Gasteiger partial charge in [0.1, 0.15) is 24.2 Å². The van der Waals surface area contributed by atoms with E-state index in [2.05, 4.69) is 15.0 Å². The van der Waals surface area contributed by atoms with E-state index in [-0.39, 0.29) is 24.0 Å². The number of halogens is 1. The zero-order chi connectivity index (χ0) is 18.9. The zero-order valence-corrected chi connectivity index (χ0v) is 15.0. The molecule has 2 unspecified atom stereocenters. The van der Waals surface area contributed by atoms with Crippen molar-refractivity contribution in [3.8, 4) is 0 Å². The molecule has 28 heavy (non-hydrogen) atoms. The van der Waals surface area contributed by atoms with E-state index in [1.807, 2.05) is 24.3 Å². The molecule has 3 saturated heterocycles. The molecule has 3 aromatic rings. The molecular weight excluding hydrogens is 361 g/mol. The Kier molecular flexibility index (Phi) is 3.15. The second-order valence-electron chi connectivity index (χ2n) is 7.66. The van der Waals surface area contributed by atoms with Crippen molar-refractivity contribution >= 4 is 17.4 Å². The molecule has 1 amide bonds. The van der Waals surface area contributed by atoms with Gasteiger partial charge < -0.3 is 14.5 Å². The summed E-state index contributed by atoms with van der Waals surface area (Å²) in [6, 6.07) is 12.2. The first-order valence-corrected chi connectivity index (χ1v) is 9.45. The van der Waals surface area contributed by atoms with E-state index in [0.717, 1.165) is 24.3 Å². The summed E-state index contributed by atoms with van der Waals surface area (Å²) in [7, 11) is 0. The van der Waals surface area contributed by atoms with Gasteiger partial charge in [-0.2, -0.15) is 9.61 Å². The second-order valence-corrected chi connectivity index (χ2v) is 7.66. The fraction of sp³-hybridized carbons (Fsp3) is 0.350. The lowest BCUT2D eigenvalue weighted by molar-refractivity contribution is -0.140. The molecule has 2 aromatic heterocycles. The molecule has 5 heterocycles. The van der Waals surface area contributed by atoms with Gasteiger partial charge >= 0.3 is 0 Å². The molecule has 0 saturated carbocycles. The highest BCUT2D eigenvalue weighted by Crippen LogP contribution is 2.48. The summed E-state index contributed by atoms with van der Waals surface area (Å²) in [5, 5.41) is 4.26. The standard InChI is InChI=1S/C20H18FN5O2/c21-14-5-2-1-4-13(14)15-8-9-18-25(15)19(27)20(28-18)10-24(11-20)17-7-3-6-16-22-12-23-26(16)17/h1-7,12,15,18H,8-11H2. The summed E-state index contributed by atoms with van der Waals surface area (Å²) >= 11 is 0. The van der Waals surface area contributed by atoms with Crippen LogP contribution in [0.5, 0.6) is 0 Å². The fourth-order valence-corrected chi connectivity index (χ4v) is 4.78. The molecular formula is C20H18FN5O2. The molecule has 1 aromatic carbocycles. The van der Waals surface area contributed by atoms with Gasteiger partial charge in [0.25, 0.3) is 5.91 Å². The van der Waals surface area contributed by atoms with Gasteiger partial charge in [-0.3, -0.25) is 4.79 Å². The van der Waals surface area contributed by atoms with Gasteiger partial charge in [0, 0.05) is 5.56 Å². The van der Waals surface area contributed by atoms with Crippen LogP contribution in [0.1, 0.15) is 24.4 Å². The molecule has 7 nitrogen and oxygen atoms in total. The summed E-state index contributed by atoms with van der Waals surface area (Å²) < 4.78 is 22.3. The molecule has 6 rings (SSSR count). The van der Waals surface area contributed by atoms with E-state index in [1.165, 1.54) is 12.4 Å². The van der Waals surface area contributed by atoms with Gasteiger partial charge in [0.15, 0.2) is 11.2 Å². The smallest absolute Gasteiger partial charge is 0.261 e. The predicted octanol–water partition coefficient (Wildman–Crippen LogP) is 2.15. The molecule has 2 atom stereocenters. The van der Waals surface area contributed by atoms with Crippen molar-refractivity contribution in [1.29, 1.82) is 0 Å². The summed E-state index contributed by atoms with van der Waals surface area (Å²) in [4.78, 5) is 21.3. The Morgan fingerprint density at radius 1 is 1.11 bits per heavy atom. The van der Waals surface area contributed by atoms with Crippen molar-refractivity contribution in [1.82, 2.24) is 19.5 Å². The van der Waals surface area contributed by atoms with Crippen LogP contribution in [0.3, 0.4) is 0 Å². The van der Waals surface area contributed by atoms with Crippen LogP contribution >= 0.6 is 0 Å². The highest BCUT2D eigenvalue weighted by Gasteiger charge is 2.63. The van der Waals surface area contributed by atoms with Gasteiger partial charge in [-0.15, -0.1) is 0 Å². The molecule has 1 spiro atoms. The van der Waals surface area contributed by atoms with Gasteiger partial charge in [0.2, 0.25) is 0 Å². The molecule has 0 bridgehead atoms. The molecule has 0 radical (unpaired) electrons. The Hall–Kier alpha value is -3.00. The molecule has 0 N–H and O–H groups in total. The van der Waals surface area contributed by atoms with Crippen molar-refractivity contribution in [2.45, 2.75) is 30.7 Å². The first kappa shape index (κ1) is 16.0. The number of pyridine rings is 1. The summed E-state index contributed by atoms with van der Waals surface area (Å²) in [5.74, 6) is 0.579. The number of ether oxygens (including phenoxy) is 1. The Morgan fingerprint density at radius 2 is 1.96 bits per heavy atom. The van der Waals surface area contributed by atoms with Crippen molar-refractivity contribution < 1.29 is 13.9 Å². The lowest BCUT2D eigenvalue weighted by atomic mass is 9.91. The van der Waals surface area contributed by atoms with Gasteiger partial charge in [-0.25, -0.2) is 9.37 Å². The average molecular weight is 379 g/mol. The molecule has 8 heteroatoms. The van der Waals surface area contributed by atoms with Crippen molar-refractivity contribution in [3.63, 3.8) is 0 Å². The fourth-order valence-electron chi connectivity index (χ4n) is 4.78. The van der Waals surface area contributed by atoms with E-state index < -0.39 is 5.60 Å². The topological polar surface area (TPSA) is 63.0 Å². The third-order valence-corrected chi connectivity index (χ3v) is 6.08. The third kappa shape index (κ3) is 2.03. The predicted molar refractivity (Wildman–Crippen MR) is 98.0 cm³/mol. The number of hydrogen-bond acceptors (Lipinski definition) is 5.